The molecule has 1 fully saturated rings. The molecule has 3 heteroatoms. The molecule has 15 heavy (non-hydrogen) atoms. The highest BCUT2D eigenvalue weighted by Crippen LogP contribution is 2.64. The number of primary amides is 1. The minimum Gasteiger partial charge on any atom is -0.369 e. The third-order valence-corrected chi connectivity index (χ3v) is 3.61. The number of nitrogens with two attached hydrogens (primary N) is 1. The summed E-state index contributed by atoms with van der Waals surface area (Å²) in [7, 11) is 0. The van der Waals surface area contributed by atoms with Gasteiger partial charge in [0.05, 0.1) is 5.92 Å². The second-order valence-electron chi connectivity index (χ2n) is 4.73. The van der Waals surface area contributed by atoms with Gasteiger partial charge in [-0.15, -0.1) is 0 Å². The predicted octanol–water partition coefficient (Wildman–Crippen LogP) is 2.56. The van der Waals surface area contributed by atoms with Crippen LogP contribution in [0.2, 0.25) is 5.02 Å². The number of halogens is 1. The average molecular weight is 224 g/mol. The molecule has 1 aromatic carbocycles. The number of rotatable bonds is 2. The summed E-state index contributed by atoms with van der Waals surface area (Å²) < 4.78 is 0. The first-order valence-electron chi connectivity index (χ1n) is 4.99. The van der Waals surface area contributed by atoms with Crippen LogP contribution in [-0.2, 0) is 4.79 Å². The molecule has 1 amide bonds. The molecule has 1 aliphatic rings. The Bertz CT molecular complexity index is 397. The molecule has 0 saturated heterocycles. The Balaban J connectivity index is 2.27. The number of carbonyl (C=O) groups is 1. The fourth-order valence-electron chi connectivity index (χ4n) is 2.46. The molecule has 0 radical (unpaired) electrons. The van der Waals surface area contributed by atoms with Crippen molar-refractivity contribution < 1.29 is 4.79 Å². The van der Waals surface area contributed by atoms with E-state index in [1.165, 1.54) is 0 Å². The van der Waals surface area contributed by atoms with Crippen molar-refractivity contribution in [1.82, 2.24) is 0 Å². The van der Waals surface area contributed by atoms with Crippen molar-refractivity contribution in [2.75, 3.05) is 0 Å². The normalized spacial score (nSPS) is 27.4. The Morgan fingerprint density at radius 3 is 2.27 bits per heavy atom. The Labute approximate surface area is 94.4 Å². The van der Waals surface area contributed by atoms with E-state index in [4.69, 9.17) is 17.3 Å². The van der Waals surface area contributed by atoms with E-state index in [2.05, 4.69) is 13.8 Å². The summed E-state index contributed by atoms with van der Waals surface area (Å²) in [6.45, 7) is 4.14. The van der Waals surface area contributed by atoms with Crippen molar-refractivity contribution in [2.24, 2.45) is 17.1 Å². The van der Waals surface area contributed by atoms with E-state index in [9.17, 15) is 4.79 Å². The van der Waals surface area contributed by atoms with E-state index in [-0.39, 0.29) is 23.2 Å². The van der Waals surface area contributed by atoms with Gasteiger partial charge in [-0.2, -0.15) is 0 Å². The first kappa shape index (κ1) is 10.5. The minimum absolute atomic E-state index is 0.0142. The lowest BCUT2D eigenvalue weighted by Crippen LogP contribution is -2.16. The van der Waals surface area contributed by atoms with Gasteiger partial charge in [-0.25, -0.2) is 0 Å². The maximum Gasteiger partial charge on any atom is 0.221 e. The summed E-state index contributed by atoms with van der Waals surface area (Å²) in [5, 5.41) is 0.716. The molecule has 2 atom stereocenters. The standard InChI is InChI=1S/C12H14ClNO/c1-12(2)9(10(12)11(14)15)7-3-5-8(13)6-4-7/h3-6,9-10H,1-2H3,(H2,14,15)/t9-,10+/m0/s1. The fraction of sp³-hybridized carbons (Fsp3) is 0.417. The third-order valence-electron chi connectivity index (χ3n) is 3.36. The number of hydrogen-bond donors (Lipinski definition) is 1. The smallest absolute Gasteiger partial charge is 0.221 e. The van der Waals surface area contributed by atoms with Crippen molar-refractivity contribution in [3.8, 4) is 0 Å². The first-order chi connectivity index (χ1) is 6.94. The molecule has 0 aliphatic heterocycles. The van der Waals surface area contributed by atoms with Crippen LogP contribution in [0.25, 0.3) is 0 Å². The van der Waals surface area contributed by atoms with Gasteiger partial charge in [-0.05, 0) is 23.1 Å². The number of hydrogen-bond acceptors (Lipinski definition) is 1. The van der Waals surface area contributed by atoms with Gasteiger partial charge >= 0.3 is 0 Å². The van der Waals surface area contributed by atoms with Crippen LogP contribution >= 0.6 is 11.6 Å². The lowest BCUT2D eigenvalue weighted by molar-refractivity contribution is -0.119. The lowest BCUT2D eigenvalue weighted by atomic mass is 10.0. The number of amides is 1. The van der Waals surface area contributed by atoms with E-state index in [0.29, 0.717) is 5.02 Å². The van der Waals surface area contributed by atoms with Gasteiger partial charge < -0.3 is 5.73 Å². The van der Waals surface area contributed by atoms with E-state index < -0.39 is 0 Å². The van der Waals surface area contributed by atoms with Crippen molar-refractivity contribution in [3.63, 3.8) is 0 Å². The van der Waals surface area contributed by atoms with Crippen LogP contribution in [0, 0.1) is 11.3 Å². The average Bonchev–Trinajstić information content (AvgIpc) is 2.70. The first-order valence-corrected chi connectivity index (χ1v) is 5.37. The van der Waals surface area contributed by atoms with Crippen LogP contribution in [0.3, 0.4) is 0 Å². The molecule has 0 heterocycles. The monoisotopic (exact) mass is 223 g/mol. The summed E-state index contributed by atoms with van der Waals surface area (Å²) in [6.07, 6.45) is 0. The largest absolute Gasteiger partial charge is 0.369 e. The van der Waals surface area contributed by atoms with Gasteiger partial charge in [-0.3, -0.25) is 4.79 Å². The van der Waals surface area contributed by atoms with Crippen LogP contribution in [0.1, 0.15) is 25.3 Å². The minimum atomic E-state index is -0.208. The fourth-order valence-corrected chi connectivity index (χ4v) is 2.59. The van der Waals surface area contributed by atoms with Crippen molar-refractivity contribution in [3.05, 3.63) is 34.9 Å². The van der Waals surface area contributed by atoms with Crippen molar-refractivity contribution in [1.29, 1.82) is 0 Å². The highest BCUT2D eigenvalue weighted by atomic mass is 35.5. The summed E-state index contributed by atoms with van der Waals surface area (Å²) in [5.74, 6) is -0.00843. The molecule has 0 spiro atoms. The van der Waals surface area contributed by atoms with Gasteiger partial charge in [0.25, 0.3) is 0 Å². The van der Waals surface area contributed by atoms with Gasteiger partial charge in [0, 0.05) is 10.9 Å². The van der Waals surface area contributed by atoms with Crippen LogP contribution in [0.5, 0.6) is 0 Å². The zero-order chi connectivity index (χ0) is 11.2. The highest BCUT2D eigenvalue weighted by Gasteiger charge is 2.61. The van der Waals surface area contributed by atoms with Gasteiger partial charge in [0.2, 0.25) is 5.91 Å². The zero-order valence-electron chi connectivity index (χ0n) is 8.83. The molecule has 0 bridgehead atoms. The number of carbonyl (C=O) groups excluding carboxylic acids is 1. The Morgan fingerprint density at radius 2 is 1.87 bits per heavy atom. The molecule has 1 saturated carbocycles. The summed E-state index contributed by atoms with van der Waals surface area (Å²) in [6, 6.07) is 7.64. The second kappa shape index (κ2) is 3.24. The Kier molecular flexibility index (Phi) is 2.27. The second-order valence-corrected chi connectivity index (χ2v) is 5.17. The van der Waals surface area contributed by atoms with Crippen LogP contribution < -0.4 is 5.73 Å². The van der Waals surface area contributed by atoms with Crippen LogP contribution in [0.4, 0.5) is 0 Å². The molecule has 2 N–H and O–H groups in total. The Hall–Kier alpha value is -1.02. The molecule has 1 aliphatic carbocycles. The quantitative estimate of drug-likeness (QED) is 0.823. The SMILES string of the molecule is CC1(C)[C@@H](C(N)=O)[C@@H]1c1ccc(Cl)cc1. The van der Waals surface area contributed by atoms with E-state index in [1.807, 2.05) is 24.3 Å². The van der Waals surface area contributed by atoms with Gasteiger partial charge in [-0.1, -0.05) is 37.6 Å². The highest BCUT2D eigenvalue weighted by molar-refractivity contribution is 6.30. The van der Waals surface area contributed by atoms with Gasteiger partial charge in [0.1, 0.15) is 0 Å². The van der Waals surface area contributed by atoms with Crippen LogP contribution in [-0.4, -0.2) is 5.91 Å². The summed E-state index contributed by atoms with van der Waals surface area (Å²) in [5.41, 5.74) is 6.50. The van der Waals surface area contributed by atoms with E-state index in [0.717, 1.165) is 5.56 Å². The molecular weight excluding hydrogens is 210 g/mol. The van der Waals surface area contributed by atoms with E-state index >= 15 is 0 Å². The molecule has 0 aromatic heterocycles. The van der Waals surface area contributed by atoms with Crippen LogP contribution in [0.15, 0.2) is 24.3 Å². The zero-order valence-corrected chi connectivity index (χ0v) is 9.58. The third kappa shape index (κ3) is 1.63. The maximum atomic E-state index is 11.2. The van der Waals surface area contributed by atoms with E-state index in [1.54, 1.807) is 0 Å². The lowest BCUT2D eigenvalue weighted by Gasteiger charge is -2.02. The topological polar surface area (TPSA) is 43.1 Å². The van der Waals surface area contributed by atoms with Gasteiger partial charge in [0.15, 0.2) is 0 Å². The van der Waals surface area contributed by atoms with Crippen molar-refractivity contribution in [2.45, 2.75) is 19.8 Å². The molecule has 2 nitrogen and oxygen atoms in total. The molecular formula is C12H14ClNO. The summed E-state index contributed by atoms with van der Waals surface area (Å²) in [4.78, 5) is 11.2. The molecule has 80 valence electrons. The predicted molar refractivity (Wildman–Crippen MR) is 60.7 cm³/mol. The molecule has 2 rings (SSSR count). The molecule has 0 unspecified atom stereocenters. The van der Waals surface area contributed by atoms with Crippen molar-refractivity contribution >= 4 is 17.5 Å². The molecule has 1 aromatic rings. The Morgan fingerprint density at radius 1 is 1.33 bits per heavy atom. The maximum absolute atomic E-state index is 11.2. The summed E-state index contributed by atoms with van der Waals surface area (Å²) >= 11 is 5.82. The number of benzene rings is 1.